The molecule has 2 aromatic carbocycles. The van der Waals surface area contributed by atoms with Crippen LogP contribution in [-0.4, -0.2) is 23.1 Å². The third-order valence-electron chi connectivity index (χ3n) is 3.45. The molecule has 2 aromatic rings. The molecule has 0 aliphatic carbocycles. The smallest absolute Gasteiger partial charge is 0.269 e. The number of nitro groups is 1. The van der Waals surface area contributed by atoms with Crippen molar-refractivity contribution in [2.24, 2.45) is 0 Å². The standard InChI is InChI=1S/C18H17N3O4S/c1-12-11-14(21(23)24)6-9-16(12)19-18(26)20-17(22)10-5-13-3-7-15(25-2)8-4-13/h3-11H,1-2H3,(H2,19,20,22,26). The third kappa shape index (κ3) is 5.38. The summed E-state index contributed by atoms with van der Waals surface area (Å²) >= 11 is 5.09. The molecule has 7 nitrogen and oxygen atoms in total. The van der Waals surface area contributed by atoms with Crippen LogP contribution in [0.5, 0.6) is 5.75 Å². The fraction of sp³-hybridized carbons (Fsp3) is 0.111. The highest BCUT2D eigenvalue weighted by Crippen LogP contribution is 2.21. The highest BCUT2D eigenvalue weighted by Gasteiger charge is 2.09. The van der Waals surface area contributed by atoms with Crippen molar-refractivity contribution in [1.82, 2.24) is 5.32 Å². The van der Waals surface area contributed by atoms with Crippen LogP contribution in [0.4, 0.5) is 11.4 Å². The van der Waals surface area contributed by atoms with Gasteiger partial charge in [-0.3, -0.25) is 20.2 Å². The summed E-state index contributed by atoms with van der Waals surface area (Å²) in [5, 5.41) is 16.2. The lowest BCUT2D eigenvalue weighted by molar-refractivity contribution is -0.384. The number of rotatable bonds is 5. The lowest BCUT2D eigenvalue weighted by atomic mass is 10.2. The number of ether oxygens (including phenoxy) is 1. The van der Waals surface area contributed by atoms with E-state index in [2.05, 4.69) is 10.6 Å². The molecule has 0 aliphatic rings. The lowest BCUT2D eigenvalue weighted by Gasteiger charge is -2.10. The predicted octanol–water partition coefficient (Wildman–Crippen LogP) is 3.44. The molecule has 2 rings (SSSR count). The summed E-state index contributed by atoms with van der Waals surface area (Å²) in [7, 11) is 1.58. The van der Waals surface area contributed by atoms with Gasteiger partial charge in [-0.05, 0) is 54.5 Å². The van der Waals surface area contributed by atoms with E-state index >= 15 is 0 Å². The van der Waals surface area contributed by atoms with E-state index in [1.807, 2.05) is 12.1 Å². The van der Waals surface area contributed by atoms with Crippen molar-refractivity contribution in [2.75, 3.05) is 12.4 Å². The average Bonchev–Trinajstić information content (AvgIpc) is 2.62. The van der Waals surface area contributed by atoms with Crippen LogP contribution < -0.4 is 15.4 Å². The van der Waals surface area contributed by atoms with Crippen LogP contribution >= 0.6 is 12.2 Å². The van der Waals surface area contributed by atoms with E-state index in [1.165, 1.54) is 18.2 Å². The summed E-state index contributed by atoms with van der Waals surface area (Å²) in [6.07, 6.45) is 3.01. The Bertz CT molecular complexity index is 863. The first kappa shape index (κ1) is 19.1. The van der Waals surface area contributed by atoms with Gasteiger partial charge in [-0.25, -0.2) is 0 Å². The first-order valence-corrected chi connectivity index (χ1v) is 7.99. The van der Waals surface area contributed by atoms with E-state index in [0.717, 1.165) is 11.3 Å². The second kappa shape index (κ2) is 8.72. The number of nitrogens with one attached hydrogen (secondary N) is 2. The topological polar surface area (TPSA) is 93.5 Å². The number of nitrogens with zero attached hydrogens (tertiary/aromatic N) is 1. The van der Waals surface area contributed by atoms with Crippen molar-refractivity contribution in [3.05, 3.63) is 69.8 Å². The van der Waals surface area contributed by atoms with Crippen LogP contribution in [0.1, 0.15) is 11.1 Å². The molecule has 0 bridgehead atoms. The second-order valence-electron chi connectivity index (χ2n) is 5.31. The Morgan fingerprint density at radius 2 is 1.92 bits per heavy atom. The monoisotopic (exact) mass is 371 g/mol. The largest absolute Gasteiger partial charge is 0.497 e. The highest BCUT2D eigenvalue weighted by molar-refractivity contribution is 7.80. The summed E-state index contributed by atoms with van der Waals surface area (Å²) < 4.78 is 5.07. The molecular formula is C18H17N3O4S. The van der Waals surface area contributed by atoms with E-state index in [0.29, 0.717) is 11.3 Å². The number of thiocarbonyl (C=S) groups is 1. The lowest BCUT2D eigenvalue weighted by Crippen LogP contribution is -2.33. The van der Waals surface area contributed by atoms with Crippen molar-refractivity contribution in [2.45, 2.75) is 6.92 Å². The average molecular weight is 371 g/mol. The molecule has 0 atom stereocenters. The van der Waals surface area contributed by atoms with Crippen LogP contribution in [0.15, 0.2) is 48.5 Å². The molecule has 0 fully saturated rings. The van der Waals surface area contributed by atoms with Gasteiger partial charge in [0, 0.05) is 23.9 Å². The van der Waals surface area contributed by atoms with Crippen LogP contribution in [-0.2, 0) is 4.79 Å². The number of carbonyl (C=O) groups is 1. The van der Waals surface area contributed by atoms with Gasteiger partial charge in [0.2, 0.25) is 5.91 Å². The van der Waals surface area contributed by atoms with Crippen LogP contribution in [0.3, 0.4) is 0 Å². The second-order valence-corrected chi connectivity index (χ2v) is 5.71. The number of hydrogen-bond donors (Lipinski definition) is 2. The molecule has 134 valence electrons. The summed E-state index contributed by atoms with van der Waals surface area (Å²) in [5.74, 6) is 0.341. The van der Waals surface area contributed by atoms with Crippen molar-refractivity contribution in [3.63, 3.8) is 0 Å². The SMILES string of the molecule is COc1ccc(C=CC(=O)NC(=S)Nc2ccc([N+](=O)[O-])cc2C)cc1. The number of anilines is 1. The third-order valence-corrected chi connectivity index (χ3v) is 3.65. The first-order chi connectivity index (χ1) is 12.4. The van der Waals surface area contributed by atoms with Crippen molar-refractivity contribution in [3.8, 4) is 5.75 Å². The van der Waals surface area contributed by atoms with Gasteiger partial charge in [0.1, 0.15) is 5.75 Å². The molecule has 0 heterocycles. The molecule has 0 spiro atoms. The van der Waals surface area contributed by atoms with Crippen molar-refractivity contribution in [1.29, 1.82) is 0 Å². The zero-order valence-electron chi connectivity index (χ0n) is 14.2. The van der Waals surface area contributed by atoms with Crippen molar-refractivity contribution < 1.29 is 14.5 Å². The van der Waals surface area contributed by atoms with Gasteiger partial charge in [0.25, 0.3) is 5.69 Å². The Balaban J connectivity index is 1.93. The van der Waals surface area contributed by atoms with E-state index in [9.17, 15) is 14.9 Å². The summed E-state index contributed by atoms with van der Waals surface area (Å²) in [6.45, 7) is 1.71. The van der Waals surface area contributed by atoms with Gasteiger partial charge in [0.05, 0.1) is 12.0 Å². The Morgan fingerprint density at radius 1 is 1.23 bits per heavy atom. The zero-order valence-corrected chi connectivity index (χ0v) is 15.0. The number of nitro benzene ring substituents is 1. The molecule has 0 aromatic heterocycles. The molecule has 1 amide bonds. The zero-order chi connectivity index (χ0) is 19.1. The summed E-state index contributed by atoms with van der Waals surface area (Å²) in [5.41, 5.74) is 2.06. The number of amides is 1. The summed E-state index contributed by atoms with van der Waals surface area (Å²) in [6, 6.07) is 11.6. The number of methoxy groups -OCH3 is 1. The summed E-state index contributed by atoms with van der Waals surface area (Å²) in [4.78, 5) is 22.2. The van der Waals surface area contributed by atoms with Gasteiger partial charge in [0.15, 0.2) is 5.11 Å². The number of aryl methyl sites for hydroxylation is 1. The maximum atomic E-state index is 11.9. The molecule has 26 heavy (non-hydrogen) atoms. The van der Waals surface area contributed by atoms with E-state index in [4.69, 9.17) is 17.0 Å². The molecule has 2 N–H and O–H groups in total. The first-order valence-electron chi connectivity index (χ1n) is 7.58. The van der Waals surface area contributed by atoms with E-state index < -0.39 is 10.8 Å². The number of benzene rings is 2. The van der Waals surface area contributed by atoms with E-state index in [1.54, 1.807) is 38.3 Å². The van der Waals surface area contributed by atoms with Crippen LogP contribution in [0.25, 0.3) is 6.08 Å². The minimum Gasteiger partial charge on any atom is -0.497 e. The Morgan fingerprint density at radius 3 is 2.50 bits per heavy atom. The number of hydrogen-bond acceptors (Lipinski definition) is 5. The highest BCUT2D eigenvalue weighted by atomic mass is 32.1. The fourth-order valence-corrected chi connectivity index (χ4v) is 2.31. The van der Waals surface area contributed by atoms with Gasteiger partial charge in [-0.2, -0.15) is 0 Å². The quantitative estimate of drug-likeness (QED) is 0.362. The van der Waals surface area contributed by atoms with Crippen molar-refractivity contribution >= 4 is 40.7 Å². The minimum absolute atomic E-state index is 0.00886. The Labute approximate surface area is 155 Å². The molecule has 0 saturated carbocycles. The minimum atomic E-state index is -0.471. The number of non-ortho nitro benzene ring substituents is 1. The predicted molar refractivity (Wildman–Crippen MR) is 104 cm³/mol. The molecular weight excluding hydrogens is 354 g/mol. The molecule has 0 aliphatic heterocycles. The van der Waals surface area contributed by atoms with E-state index in [-0.39, 0.29) is 10.8 Å². The fourth-order valence-electron chi connectivity index (χ4n) is 2.10. The maximum absolute atomic E-state index is 11.9. The van der Waals surface area contributed by atoms with Crippen LogP contribution in [0.2, 0.25) is 0 Å². The normalized spacial score (nSPS) is 10.4. The Kier molecular flexibility index (Phi) is 6.40. The van der Waals surface area contributed by atoms with Crippen LogP contribution in [0, 0.1) is 17.0 Å². The Hall–Kier alpha value is -3.26. The van der Waals surface area contributed by atoms with Gasteiger partial charge < -0.3 is 10.1 Å². The number of carbonyl (C=O) groups excluding carboxylic acids is 1. The molecule has 8 heteroatoms. The maximum Gasteiger partial charge on any atom is 0.269 e. The van der Waals surface area contributed by atoms with Gasteiger partial charge in [-0.15, -0.1) is 0 Å². The molecule has 0 unspecified atom stereocenters. The molecule has 0 saturated heterocycles. The molecule has 0 radical (unpaired) electrons. The van der Waals surface area contributed by atoms with Gasteiger partial charge >= 0.3 is 0 Å². The van der Waals surface area contributed by atoms with Gasteiger partial charge in [-0.1, -0.05) is 12.1 Å².